The number of hydrogen-bond acceptors (Lipinski definition) is 2. The molecule has 7 heteroatoms. The number of carbonyl (C=O) groups excluding carboxylic acids is 1. The average Bonchev–Trinajstić information content (AvgIpc) is 3.17. The van der Waals surface area contributed by atoms with Gasteiger partial charge in [0.1, 0.15) is 5.82 Å². The van der Waals surface area contributed by atoms with Crippen molar-refractivity contribution in [1.82, 2.24) is 20.6 Å². The molecule has 2 heterocycles. The number of H-pyrrole nitrogens is 1. The van der Waals surface area contributed by atoms with E-state index in [1.165, 1.54) is 0 Å². The second kappa shape index (κ2) is 7.52. The third-order valence-electron chi connectivity index (χ3n) is 5.05. The molecule has 1 aliphatic heterocycles. The minimum atomic E-state index is -0.515. The summed E-state index contributed by atoms with van der Waals surface area (Å²) in [5.41, 5.74) is 4.82. The summed E-state index contributed by atoms with van der Waals surface area (Å²) in [5, 5.41) is 6.94. The number of carbonyl (C=O) groups is 1. The zero-order valence-electron chi connectivity index (χ0n) is 15.6. The Morgan fingerprint density at radius 2 is 1.67 bits per heavy atom. The number of para-hydroxylation sites is 2. The van der Waals surface area contributed by atoms with E-state index in [1.807, 2.05) is 60.7 Å². The number of halogens is 2. The van der Waals surface area contributed by atoms with Gasteiger partial charge in [0.05, 0.1) is 22.8 Å². The molecule has 5 rings (SSSR count). The lowest BCUT2D eigenvalue weighted by molar-refractivity contribution is 0.242. The Kier molecular flexibility index (Phi) is 4.69. The molecule has 0 unspecified atom stereocenters. The molecule has 5 nitrogen and oxygen atoms in total. The van der Waals surface area contributed by atoms with Gasteiger partial charge in [0, 0.05) is 15.6 Å². The van der Waals surface area contributed by atoms with Gasteiger partial charge in [-0.25, -0.2) is 9.78 Å². The molecule has 1 aliphatic rings. The molecular formula is C23H16Cl2N4O. The maximum Gasteiger partial charge on any atom is 0.320 e. The predicted molar refractivity (Wildman–Crippen MR) is 120 cm³/mol. The highest BCUT2D eigenvalue weighted by Gasteiger charge is 2.33. The fraction of sp³-hybridized carbons (Fsp3) is 0.0435. The molecular weight excluding hydrogens is 419 g/mol. The molecule has 0 saturated heterocycles. The van der Waals surface area contributed by atoms with E-state index < -0.39 is 6.04 Å². The molecule has 0 radical (unpaired) electrons. The topological polar surface area (TPSA) is 69.8 Å². The minimum absolute atomic E-state index is 0.315. The van der Waals surface area contributed by atoms with Crippen LogP contribution in [0.1, 0.15) is 23.0 Å². The van der Waals surface area contributed by atoms with E-state index in [2.05, 4.69) is 15.6 Å². The lowest BCUT2D eigenvalue weighted by atomic mass is 9.92. The van der Waals surface area contributed by atoms with E-state index in [4.69, 9.17) is 28.2 Å². The van der Waals surface area contributed by atoms with E-state index in [1.54, 1.807) is 12.1 Å². The molecule has 3 N–H and O–H groups in total. The van der Waals surface area contributed by atoms with Crippen molar-refractivity contribution in [1.29, 1.82) is 0 Å². The van der Waals surface area contributed by atoms with E-state index in [-0.39, 0.29) is 6.03 Å². The Labute approximate surface area is 182 Å². The van der Waals surface area contributed by atoms with Crippen LogP contribution in [0, 0.1) is 0 Å². The first-order chi connectivity index (χ1) is 14.6. The summed E-state index contributed by atoms with van der Waals surface area (Å²) in [7, 11) is 0. The average molecular weight is 435 g/mol. The first-order valence-corrected chi connectivity index (χ1v) is 10.1. The van der Waals surface area contributed by atoms with Gasteiger partial charge in [-0.15, -0.1) is 0 Å². The maximum atomic E-state index is 12.6. The zero-order valence-corrected chi connectivity index (χ0v) is 17.1. The van der Waals surface area contributed by atoms with Crippen LogP contribution in [0.5, 0.6) is 0 Å². The fourth-order valence-corrected chi connectivity index (χ4v) is 4.22. The zero-order chi connectivity index (χ0) is 20.7. The van der Waals surface area contributed by atoms with Crippen LogP contribution in [0.3, 0.4) is 0 Å². The molecule has 3 aromatic carbocycles. The van der Waals surface area contributed by atoms with E-state index in [9.17, 15) is 4.79 Å². The standard InChI is InChI=1S/C23H16Cl2N4O/c24-14-10-11-15(16(25)12-14)21-19(22-26-17-8-4-5-9-18(17)27-22)20(28-23(30)29-21)13-6-2-1-3-7-13/h1-12,21H,(H,26,27)(H2,28,29,30)/t21-/m0/s1. The molecule has 0 fully saturated rings. The van der Waals surface area contributed by atoms with Crippen molar-refractivity contribution in [2.75, 3.05) is 0 Å². The number of imidazole rings is 1. The van der Waals surface area contributed by atoms with Crippen LogP contribution in [-0.4, -0.2) is 16.0 Å². The van der Waals surface area contributed by atoms with Crippen LogP contribution in [-0.2, 0) is 0 Å². The maximum absolute atomic E-state index is 12.6. The first-order valence-electron chi connectivity index (χ1n) is 9.37. The summed E-state index contributed by atoms with van der Waals surface area (Å²) < 4.78 is 0. The third-order valence-corrected chi connectivity index (χ3v) is 5.61. The summed E-state index contributed by atoms with van der Waals surface area (Å²) in [5.74, 6) is 0.651. The Morgan fingerprint density at radius 3 is 2.43 bits per heavy atom. The van der Waals surface area contributed by atoms with Crippen molar-refractivity contribution in [2.24, 2.45) is 0 Å². The Bertz CT molecular complexity index is 1260. The summed E-state index contributed by atoms with van der Waals surface area (Å²) in [4.78, 5) is 20.8. The highest BCUT2D eigenvalue weighted by Crippen LogP contribution is 2.40. The number of aromatic nitrogens is 2. The fourth-order valence-electron chi connectivity index (χ4n) is 3.70. The summed E-state index contributed by atoms with van der Waals surface area (Å²) in [6.07, 6.45) is 0. The Balaban J connectivity index is 1.79. The van der Waals surface area contributed by atoms with Crippen LogP contribution < -0.4 is 10.6 Å². The SMILES string of the molecule is O=C1NC(c2ccccc2)=C(c2nc3ccccc3[nH]2)[C@H](c2ccc(Cl)cc2Cl)N1. The highest BCUT2D eigenvalue weighted by atomic mass is 35.5. The monoisotopic (exact) mass is 434 g/mol. The molecule has 2 amide bonds. The van der Waals surface area contributed by atoms with Gasteiger partial charge in [-0.05, 0) is 35.4 Å². The first kappa shape index (κ1) is 18.7. The van der Waals surface area contributed by atoms with Crippen molar-refractivity contribution in [3.05, 3.63) is 99.8 Å². The molecule has 0 aliphatic carbocycles. The lowest BCUT2D eigenvalue weighted by Crippen LogP contribution is -2.43. The summed E-state index contributed by atoms with van der Waals surface area (Å²) >= 11 is 12.6. The van der Waals surface area contributed by atoms with Crippen molar-refractivity contribution < 1.29 is 4.79 Å². The Hall–Kier alpha value is -3.28. The number of benzene rings is 3. The van der Waals surface area contributed by atoms with E-state index in [0.29, 0.717) is 21.6 Å². The van der Waals surface area contributed by atoms with Crippen molar-refractivity contribution in [3.63, 3.8) is 0 Å². The second-order valence-corrected chi connectivity index (χ2v) is 7.80. The van der Waals surface area contributed by atoms with Crippen LogP contribution in [0.2, 0.25) is 10.0 Å². The molecule has 0 spiro atoms. The van der Waals surface area contributed by atoms with Gasteiger partial charge in [0.25, 0.3) is 0 Å². The number of nitrogens with one attached hydrogen (secondary N) is 3. The second-order valence-electron chi connectivity index (χ2n) is 6.95. The predicted octanol–water partition coefficient (Wildman–Crippen LogP) is 5.79. The summed E-state index contributed by atoms with van der Waals surface area (Å²) in [6, 6.07) is 21.9. The number of hydrogen-bond donors (Lipinski definition) is 3. The highest BCUT2D eigenvalue weighted by molar-refractivity contribution is 6.35. The number of aromatic amines is 1. The van der Waals surface area contributed by atoms with Crippen LogP contribution in [0.25, 0.3) is 22.3 Å². The van der Waals surface area contributed by atoms with Crippen LogP contribution in [0.15, 0.2) is 72.8 Å². The van der Waals surface area contributed by atoms with Gasteiger partial charge in [-0.1, -0.05) is 71.7 Å². The largest absolute Gasteiger partial charge is 0.338 e. The minimum Gasteiger partial charge on any atom is -0.338 e. The van der Waals surface area contributed by atoms with Gasteiger partial charge < -0.3 is 15.6 Å². The summed E-state index contributed by atoms with van der Waals surface area (Å²) in [6.45, 7) is 0. The van der Waals surface area contributed by atoms with Crippen molar-refractivity contribution >= 4 is 51.5 Å². The molecule has 4 aromatic rings. The quantitative estimate of drug-likeness (QED) is 0.381. The number of fused-ring (bicyclic) bond motifs is 1. The number of nitrogens with zero attached hydrogens (tertiary/aromatic N) is 1. The number of amides is 2. The van der Waals surface area contributed by atoms with Gasteiger partial charge in [-0.3, -0.25) is 0 Å². The molecule has 0 bridgehead atoms. The van der Waals surface area contributed by atoms with Gasteiger partial charge >= 0.3 is 6.03 Å². The Morgan fingerprint density at radius 1 is 0.900 bits per heavy atom. The molecule has 148 valence electrons. The number of urea groups is 1. The van der Waals surface area contributed by atoms with E-state index in [0.717, 1.165) is 27.7 Å². The molecule has 30 heavy (non-hydrogen) atoms. The number of rotatable bonds is 3. The van der Waals surface area contributed by atoms with E-state index >= 15 is 0 Å². The van der Waals surface area contributed by atoms with Gasteiger partial charge in [-0.2, -0.15) is 0 Å². The third kappa shape index (κ3) is 3.32. The molecule has 1 atom stereocenters. The van der Waals surface area contributed by atoms with Gasteiger partial charge in [0.15, 0.2) is 0 Å². The smallest absolute Gasteiger partial charge is 0.320 e. The molecule has 1 aromatic heterocycles. The van der Waals surface area contributed by atoms with Gasteiger partial charge in [0.2, 0.25) is 0 Å². The van der Waals surface area contributed by atoms with Crippen LogP contribution >= 0.6 is 23.2 Å². The van der Waals surface area contributed by atoms with Crippen molar-refractivity contribution in [3.8, 4) is 0 Å². The lowest BCUT2D eigenvalue weighted by Gasteiger charge is -2.30. The normalized spacial score (nSPS) is 16.5. The van der Waals surface area contributed by atoms with Crippen molar-refractivity contribution in [2.45, 2.75) is 6.04 Å². The van der Waals surface area contributed by atoms with Crippen LogP contribution in [0.4, 0.5) is 4.79 Å². The molecule has 0 saturated carbocycles.